The number of carbonyl (C=O) groups is 2. The van der Waals surface area contributed by atoms with E-state index in [2.05, 4.69) is 5.32 Å². The van der Waals surface area contributed by atoms with Crippen molar-refractivity contribution in [3.8, 4) is 0 Å². The lowest BCUT2D eigenvalue weighted by Crippen LogP contribution is -2.47. The Kier molecular flexibility index (Phi) is 9.16. The second-order valence-electron chi connectivity index (χ2n) is 6.27. The smallest absolute Gasteiger partial charge is 0.242 e. The van der Waals surface area contributed by atoms with Crippen LogP contribution < -0.4 is 5.32 Å². The molecule has 0 spiro atoms. The summed E-state index contributed by atoms with van der Waals surface area (Å²) in [6, 6.07) is 14.3. The number of hydrogen-bond donors (Lipinski definition) is 1. The molecule has 2 aromatic carbocycles. The van der Waals surface area contributed by atoms with Gasteiger partial charge >= 0.3 is 0 Å². The van der Waals surface area contributed by atoms with Crippen LogP contribution in [0.15, 0.2) is 53.4 Å². The fourth-order valence-electron chi connectivity index (χ4n) is 2.62. The van der Waals surface area contributed by atoms with Gasteiger partial charge in [0, 0.05) is 40.2 Å². The monoisotopic (exact) mass is 438 g/mol. The number of halogens is 2. The van der Waals surface area contributed by atoms with Gasteiger partial charge in [0.1, 0.15) is 6.04 Å². The van der Waals surface area contributed by atoms with Crippen LogP contribution >= 0.6 is 35.0 Å². The molecule has 0 heterocycles. The first-order valence-electron chi connectivity index (χ1n) is 9.10. The predicted molar refractivity (Wildman–Crippen MR) is 117 cm³/mol. The van der Waals surface area contributed by atoms with Crippen molar-refractivity contribution in [1.29, 1.82) is 0 Å². The highest BCUT2D eigenvalue weighted by atomic mass is 35.5. The largest absolute Gasteiger partial charge is 0.355 e. The molecule has 0 aliphatic heterocycles. The van der Waals surface area contributed by atoms with Crippen molar-refractivity contribution in [3.05, 3.63) is 64.1 Å². The number of nitrogens with one attached hydrogen (secondary N) is 1. The Morgan fingerprint density at radius 1 is 1.04 bits per heavy atom. The number of rotatable bonds is 9. The Bertz CT molecular complexity index is 782. The Morgan fingerprint density at radius 2 is 1.61 bits per heavy atom. The summed E-state index contributed by atoms with van der Waals surface area (Å²) in [5.41, 5.74) is 0.930. The van der Waals surface area contributed by atoms with E-state index in [1.54, 1.807) is 35.7 Å². The molecule has 0 aliphatic carbocycles. The van der Waals surface area contributed by atoms with Crippen LogP contribution in [-0.2, 0) is 16.1 Å². The Labute approximate surface area is 180 Å². The van der Waals surface area contributed by atoms with Gasteiger partial charge in [-0.25, -0.2) is 0 Å². The molecular formula is C21H24Cl2N2O2S. The van der Waals surface area contributed by atoms with E-state index in [4.69, 9.17) is 23.2 Å². The van der Waals surface area contributed by atoms with Crippen molar-refractivity contribution in [3.63, 3.8) is 0 Å². The first-order valence-corrected chi connectivity index (χ1v) is 10.8. The third kappa shape index (κ3) is 7.04. The van der Waals surface area contributed by atoms with Gasteiger partial charge < -0.3 is 10.2 Å². The first kappa shape index (κ1) is 22.6. The molecule has 28 heavy (non-hydrogen) atoms. The zero-order valence-electron chi connectivity index (χ0n) is 16.0. The van der Waals surface area contributed by atoms with Gasteiger partial charge in [-0.05, 0) is 55.8 Å². The second kappa shape index (κ2) is 11.3. The van der Waals surface area contributed by atoms with Crippen LogP contribution in [0.4, 0.5) is 0 Å². The van der Waals surface area contributed by atoms with Gasteiger partial charge in [0.2, 0.25) is 11.8 Å². The number of hydrogen-bond acceptors (Lipinski definition) is 3. The number of carbonyl (C=O) groups excluding carboxylic acids is 2. The highest BCUT2D eigenvalue weighted by molar-refractivity contribution is 7.99. The fraction of sp³-hybridized carbons (Fsp3) is 0.333. The zero-order chi connectivity index (χ0) is 20.5. The van der Waals surface area contributed by atoms with Gasteiger partial charge in [-0.1, -0.05) is 35.3 Å². The Hall–Kier alpha value is -1.69. The molecule has 0 bridgehead atoms. The maximum absolute atomic E-state index is 12.9. The van der Waals surface area contributed by atoms with E-state index in [-0.39, 0.29) is 11.8 Å². The van der Waals surface area contributed by atoms with Crippen molar-refractivity contribution >= 4 is 46.8 Å². The van der Waals surface area contributed by atoms with Crippen molar-refractivity contribution in [2.24, 2.45) is 0 Å². The summed E-state index contributed by atoms with van der Waals surface area (Å²) in [4.78, 5) is 27.9. The molecule has 0 saturated heterocycles. The van der Waals surface area contributed by atoms with E-state index in [1.165, 1.54) is 0 Å². The second-order valence-corrected chi connectivity index (χ2v) is 8.31. The summed E-state index contributed by atoms with van der Waals surface area (Å²) in [6.45, 7) is 4.50. The van der Waals surface area contributed by atoms with Crippen molar-refractivity contribution in [2.75, 3.05) is 12.3 Å². The minimum absolute atomic E-state index is 0.0600. The fourth-order valence-corrected chi connectivity index (χ4v) is 3.71. The van der Waals surface area contributed by atoms with Gasteiger partial charge in [0.05, 0.1) is 0 Å². The van der Waals surface area contributed by atoms with Crippen LogP contribution in [0.5, 0.6) is 0 Å². The number of thioether (sulfide) groups is 1. The van der Waals surface area contributed by atoms with Gasteiger partial charge in [-0.15, -0.1) is 11.8 Å². The average molecular weight is 439 g/mol. The Balaban J connectivity index is 2.03. The number of likely N-dealkylation sites (N-methyl/N-ethyl adjacent to an activating group) is 1. The van der Waals surface area contributed by atoms with Crippen molar-refractivity contribution in [1.82, 2.24) is 10.2 Å². The molecule has 7 heteroatoms. The summed E-state index contributed by atoms with van der Waals surface area (Å²) >= 11 is 13.4. The third-order valence-corrected chi connectivity index (χ3v) is 5.70. The molecule has 0 radical (unpaired) electrons. The van der Waals surface area contributed by atoms with E-state index in [9.17, 15) is 9.59 Å². The summed E-state index contributed by atoms with van der Waals surface area (Å²) in [7, 11) is 0. The molecule has 1 N–H and O–H groups in total. The van der Waals surface area contributed by atoms with E-state index >= 15 is 0 Å². The van der Waals surface area contributed by atoms with E-state index in [0.29, 0.717) is 35.3 Å². The standard InChI is InChI=1S/C21H24Cl2N2O2S/c1-3-24-21(27)15(2)25(14-16-4-6-17(22)7-5-16)20(26)12-13-28-19-10-8-18(23)9-11-19/h4-11,15H,3,12-14H2,1-2H3,(H,24,27). The number of benzene rings is 2. The van der Waals surface area contributed by atoms with E-state index in [0.717, 1.165) is 10.5 Å². The Morgan fingerprint density at radius 3 is 2.18 bits per heavy atom. The molecule has 4 nitrogen and oxygen atoms in total. The lowest BCUT2D eigenvalue weighted by atomic mass is 10.1. The maximum Gasteiger partial charge on any atom is 0.242 e. The summed E-state index contributed by atoms with van der Waals surface area (Å²) < 4.78 is 0. The molecule has 2 rings (SSSR count). The van der Waals surface area contributed by atoms with Crippen LogP contribution in [0.2, 0.25) is 10.0 Å². The highest BCUT2D eigenvalue weighted by Crippen LogP contribution is 2.22. The zero-order valence-corrected chi connectivity index (χ0v) is 18.3. The van der Waals surface area contributed by atoms with Crippen LogP contribution in [-0.4, -0.2) is 35.1 Å². The maximum atomic E-state index is 12.9. The number of nitrogens with zero attached hydrogens (tertiary/aromatic N) is 1. The first-order chi connectivity index (χ1) is 13.4. The van der Waals surface area contributed by atoms with Crippen LogP contribution in [0.1, 0.15) is 25.8 Å². The van der Waals surface area contributed by atoms with Crippen LogP contribution in [0.3, 0.4) is 0 Å². The molecule has 2 aromatic rings. The van der Waals surface area contributed by atoms with Gasteiger partial charge in [0.15, 0.2) is 0 Å². The molecule has 2 amide bonds. The normalized spacial score (nSPS) is 11.7. The summed E-state index contributed by atoms with van der Waals surface area (Å²) in [5.74, 6) is 0.407. The quantitative estimate of drug-likeness (QED) is 0.558. The van der Waals surface area contributed by atoms with E-state index < -0.39 is 6.04 Å². The minimum Gasteiger partial charge on any atom is -0.355 e. The topological polar surface area (TPSA) is 49.4 Å². The molecule has 0 aromatic heterocycles. The van der Waals surface area contributed by atoms with Crippen LogP contribution in [0, 0.1) is 0 Å². The lowest BCUT2D eigenvalue weighted by Gasteiger charge is -2.28. The minimum atomic E-state index is -0.552. The molecule has 150 valence electrons. The van der Waals surface area contributed by atoms with Gasteiger partial charge in [0.25, 0.3) is 0 Å². The van der Waals surface area contributed by atoms with Crippen LogP contribution in [0.25, 0.3) is 0 Å². The molecule has 1 unspecified atom stereocenters. The molecule has 1 atom stereocenters. The molecule has 0 aliphatic rings. The lowest BCUT2D eigenvalue weighted by molar-refractivity contribution is -0.140. The van der Waals surface area contributed by atoms with Crippen molar-refractivity contribution < 1.29 is 9.59 Å². The summed E-state index contributed by atoms with van der Waals surface area (Å²) in [5, 5.41) is 4.11. The highest BCUT2D eigenvalue weighted by Gasteiger charge is 2.25. The van der Waals surface area contributed by atoms with Gasteiger partial charge in [-0.2, -0.15) is 0 Å². The molecule has 0 fully saturated rings. The third-order valence-electron chi connectivity index (χ3n) is 4.18. The average Bonchev–Trinajstić information content (AvgIpc) is 2.68. The molecule has 0 saturated carbocycles. The predicted octanol–water partition coefficient (Wildman–Crippen LogP) is 5.03. The SMILES string of the molecule is CCNC(=O)C(C)N(Cc1ccc(Cl)cc1)C(=O)CCSc1ccc(Cl)cc1. The number of amides is 2. The van der Waals surface area contributed by atoms with Gasteiger partial charge in [-0.3, -0.25) is 9.59 Å². The van der Waals surface area contributed by atoms with E-state index in [1.807, 2.05) is 43.3 Å². The summed E-state index contributed by atoms with van der Waals surface area (Å²) in [6.07, 6.45) is 0.338. The van der Waals surface area contributed by atoms with Crippen molar-refractivity contribution in [2.45, 2.75) is 37.8 Å². The molecular weight excluding hydrogens is 415 g/mol.